The van der Waals surface area contributed by atoms with Gasteiger partial charge >= 0.3 is 0 Å². The van der Waals surface area contributed by atoms with Crippen LogP contribution in [0.4, 0.5) is 0 Å². The van der Waals surface area contributed by atoms with Crippen molar-refractivity contribution >= 4 is 27.3 Å². The summed E-state index contributed by atoms with van der Waals surface area (Å²) in [6, 6.07) is 8.24. The van der Waals surface area contributed by atoms with Crippen LogP contribution in [0.1, 0.15) is 43.5 Å². The van der Waals surface area contributed by atoms with Gasteiger partial charge < -0.3 is 4.74 Å². The first-order valence-corrected chi connectivity index (χ1v) is 9.05. The summed E-state index contributed by atoms with van der Waals surface area (Å²) in [6.45, 7) is 9.25. The van der Waals surface area contributed by atoms with Gasteiger partial charge in [0.1, 0.15) is 10.6 Å². The van der Waals surface area contributed by atoms with Gasteiger partial charge in [0.05, 0.1) is 5.69 Å². The molecule has 0 atom stereocenters. The second kappa shape index (κ2) is 7.03. The number of rotatable bonds is 6. The molecule has 114 valence electrons. The van der Waals surface area contributed by atoms with Crippen molar-refractivity contribution in [2.45, 2.75) is 46.1 Å². The maximum absolute atomic E-state index is 6.08. The van der Waals surface area contributed by atoms with E-state index >= 15 is 0 Å². The molecule has 0 aliphatic rings. The molecule has 0 aliphatic heterocycles. The summed E-state index contributed by atoms with van der Waals surface area (Å²) >= 11 is 5.38. The zero-order valence-corrected chi connectivity index (χ0v) is 15.5. The SMILES string of the molecule is CCOC(CC)(CC)c1nc(-c2ccccc2Br)c(C)s1. The maximum Gasteiger partial charge on any atom is 0.126 e. The van der Waals surface area contributed by atoms with E-state index in [1.807, 2.05) is 12.1 Å². The molecule has 21 heavy (non-hydrogen) atoms. The molecule has 0 N–H and O–H groups in total. The Balaban J connectivity index is 2.50. The van der Waals surface area contributed by atoms with Gasteiger partial charge in [-0.2, -0.15) is 0 Å². The first-order valence-electron chi connectivity index (χ1n) is 7.44. The van der Waals surface area contributed by atoms with Crippen molar-refractivity contribution in [3.05, 3.63) is 38.6 Å². The number of ether oxygens (including phenoxy) is 1. The third-order valence-corrected chi connectivity index (χ3v) is 5.73. The van der Waals surface area contributed by atoms with Gasteiger partial charge in [-0.1, -0.05) is 48.0 Å². The smallest absolute Gasteiger partial charge is 0.126 e. The van der Waals surface area contributed by atoms with Crippen LogP contribution in [-0.2, 0) is 10.3 Å². The van der Waals surface area contributed by atoms with Gasteiger partial charge in [-0.3, -0.25) is 0 Å². The summed E-state index contributed by atoms with van der Waals surface area (Å²) in [5.74, 6) is 0. The van der Waals surface area contributed by atoms with E-state index in [4.69, 9.17) is 9.72 Å². The lowest BCUT2D eigenvalue weighted by molar-refractivity contribution is -0.0505. The lowest BCUT2D eigenvalue weighted by Crippen LogP contribution is -2.28. The first-order chi connectivity index (χ1) is 10.1. The summed E-state index contributed by atoms with van der Waals surface area (Å²) in [4.78, 5) is 6.18. The van der Waals surface area contributed by atoms with Gasteiger partial charge in [0.15, 0.2) is 0 Å². The van der Waals surface area contributed by atoms with Gasteiger partial charge in [0.25, 0.3) is 0 Å². The maximum atomic E-state index is 6.08. The second-order valence-corrected chi connectivity index (χ2v) is 7.10. The van der Waals surface area contributed by atoms with Crippen LogP contribution in [0.2, 0.25) is 0 Å². The summed E-state index contributed by atoms with van der Waals surface area (Å²) in [5, 5.41) is 1.10. The number of hydrogen-bond acceptors (Lipinski definition) is 3. The van der Waals surface area contributed by atoms with E-state index in [0.717, 1.165) is 33.6 Å². The molecule has 2 aromatic rings. The molecular weight excluding hydrogens is 346 g/mol. The second-order valence-electron chi connectivity index (χ2n) is 5.04. The number of thiazole rings is 1. The highest BCUT2D eigenvalue weighted by molar-refractivity contribution is 9.10. The summed E-state index contributed by atoms with van der Waals surface area (Å²) < 4.78 is 7.17. The molecule has 0 radical (unpaired) electrons. The first kappa shape index (κ1) is 16.7. The predicted octanol–water partition coefficient (Wildman–Crippen LogP) is 5.93. The molecule has 0 aliphatic carbocycles. The fraction of sp³-hybridized carbons (Fsp3) is 0.471. The van der Waals surface area contributed by atoms with Crippen molar-refractivity contribution in [2.24, 2.45) is 0 Å². The Kier molecular flexibility index (Phi) is 5.58. The van der Waals surface area contributed by atoms with E-state index in [0.29, 0.717) is 6.61 Å². The van der Waals surface area contributed by atoms with Crippen LogP contribution in [0.25, 0.3) is 11.3 Å². The molecule has 0 saturated heterocycles. The van der Waals surface area contributed by atoms with E-state index in [1.165, 1.54) is 4.88 Å². The normalized spacial score (nSPS) is 11.9. The third kappa shape index (κ3) is 3.22. The Hall–Kier alpha value is -0.710. The number of aromatic nitrogens is 1. The molecule has 0 fully saturated rings. The Morgan fingerprint density at radius 2 is 1.86 bits per heavy atom. The van der Waals surface area contributed by atoms with Crippen LogP contribution in [0, 0.1) is 6.92 Å². The van der Waals surface area contributed by atoms with Gasteiger partial charge in [-0.05, 0) is 32.8 Å². The number of hydrogen-bond donors (Lipinski definition) is 0. The topological polar surface area (TPSA) is 22.1 Å². The molecule has 0 unspecified atom stereocenters. The van der Waals surface area contributed by atoms with Crippen molar-refractivity contribution in [3.8, 4) is 11.3 Å². The fourth-order valence-corrected chi connectivity index (χ4v) is 4.27. The monoisotopic (exact) mass is 367 g/mol. The van der Waals surface area contributed by atoms with Crippen LogP contribution >= 0.6 is 27.3 Å². The summed E-state index contributed by atoms with van der Waals surface area (Å²) in [6.07, 6.45) is 1.89. The van der Waals surface area contributed by atoms with Crippen molar-refractivity contribution in [2.75, 3.05) is 6.61 Å². The number of benzene rings is 1. The Bertz CT molecular complexity index is 605. The van der Waals surface area contributed by atoms with Crippen LogP contribution in [0.15, 0.2) is 28.7 Å². The molecule has 1 heterocycles. The van der Waals surface area contributed by atoms with Crippen LogP contribution in [0.3, 0.4) is 0 Å². The summed E-state index contributed by atoms with van der Waals surface area (Å²) in [7, 11) is 0. The molecule has 2 nitrogen and oxygen atoms in total. The minimum absolute atomic E-state index is 0.246. The van der Waals surface area contributed by atoms with Gasteiger partial charge in [0.2, 0.25) is 0 Å². The van der Waals surface area contributed by atoms with Gasteiger partial charge in [0, 0.05) is 21.5 Å². The van der Waals surface area contributed by atoms with Crippen molar-refractivity contribution < 1.29 is 4.74 Å². The average molecular weight is 368 g/mol. The third-order valence-electron chi connectivity index (χ3n) is 3.88. The fourth-order valence-electron chi connectivity index (χ4n) is 2.59. The zero-order chi connectivity index (χ0) is 15.5. The van der Waals surface area contributed by atoms with E-state index in [-0.39, 0.29) is 5.60 Å². The van der Waals surface area contributed by atoms with E-state index < -0.39 is 0 Å². The molecule has 0 spiro atoms. The number of aryl methyl sites for hydroxylation is 1. The minimum Gasteiger partial charge on any atom is -0.368 e. The predicted molar refractivity (Wildman–Crippen MR) is 93.9 cm³/mol. The summed E-state index contributed by atoms with van der Waals surface area (Å²) in [5.41, 5.74) is 1.97. The lowest BCUT2D eigenvalue weighted by Gasteiger charge is -2.29. The van der Waals surface area contributed by atoms with Gasteiger partial charge in [-0.15, -0.1) is 11.3 Å². The van der Waals surface area contributed by atoms with Crippen molar-refractivity contribution in [3.63, 3.8) is 0 Å². The molecule has 1 aromatic heterocycles. The highest BCUT2D eigenvalue weighted by Crippen LogP contribution is 2.40. The van der Waals surface area contributed by atoms with E-state index in [1.54, 1.807) is 11.3 Å². The van der Waals surface area contributed by atoms with Crippen molar-refractivity contribution in [1.82, 2.24) is 4.98 Å². The number of nitrogens with zero attached hydrogens (tertiary/aromatic N) is 1. The molecule has 0 amide bonds. The lowest BCUT2D eigenvalue weighted by atomic mass is 9.98. The quantitative estimate of drug-likeness (QED) is 0.630. The molecule has 0 saturated carbocycles. The van der Waals surface area contributed by atoms with Crippen molar-refractivity contribution in [1.29, 1.82) is 0 Å². The van der Waals surface area contributed by atoms with Crippen LogP contribution in [-0.4, -0.2) is 11.6 Å². The highest BCUT2D eigenvalue weighted by atomic mass is 79.9. The van der Waals surface area contributed by atoms with E-state index in [2.05, 4.69) is 55.8 Å². The van der Waals surface area contributed by atoms with Gasteiger partial charge in [-0.25, -0.2) is 4.98 Å². The largest absolute Gasteiger partial charge is 0.368 e. The molecule has 2 rings (SSSR count). The standard InChI is InChI=1S/C17H22BrNOS/c1-5-17(6-2,20-7-3)16-19-15(12(4)21-16)13-10-8-9-11-14(13)18/h8-11H,5-7H2,1-4H3. The van der Waals surface area contributed by atoms with Crippen LogP contribution in [0.5, 0.6) is 0 Å². The van der Waals surface area contributed by atoms with Crippen LogP contribution < -0.4 is 0 Å². The Morgan fingerprint density at radius 3 is 2.43 bits per heavy atom. The molecule has 4 heteroatoms. The van der Waals surface area contributed by atoms with E-state index in [9.17, 15) is 0 Å². The molecule has 0 bridgehead atoms. The zero-order valence-electron chi connectivity index (χ0n) is 13.1. The molecule has 1 aromatic carbocycles. The molecular formula is C17H22BrNOS. The Morgan fingerprint density at radius 1 is 1.19 bits per heavy atom. The number of halogens is 1. The highest BCUT2D eigenvalue weighted by Gasteiger charge is 2.33. The Labute approximate surface area is 139 Å². The average Bonchev–Trinajstić information content (AvgIpc) is 2.87. The minimum atomic E-state index is -0.246.